The van der Waals surface area contributed by atoms with Gasteiger partial charge in [0.25, 0.3) is 0 Å². The lowest BCUT2D eigenvalue weighted by molar-refractivity contribution is -0.301. The van der Waals surface area contributed by atoms with Crippen LogP contribution in [-0.2, 0) is 4.79 Å². The van der Waals surface area contributed by atoms with Crippen molar-refractivity contribution in [3.63, 3.8) is 0 Å². The van der Waals surface area contributed by atoms with Gasteiger partial charge in [-0.3, -0.25) is 0 Å². The third kappa shape index (κ3) is 4.54. The lowest BCUT2D eigenvalue weighted by atomic mass is 9.99. The fourth-order valence-electron chi connectivity index (χ4n) is 0.934. The van der Waals surface area contributed by atoms with E-state index in [1.54, 1.807) is 0 Å². The summed E-state index contributed by atoms with van der Waals surface area (Å²) in [5.74, 6) is -5.40. The van der Waals surface area contributed by atoms with Crippen LogP contribution in [0.15, 0.2) is 12.2 Å². The van der Waals surface area contributed by atoms with Gasteiger partial charge in [0.1, 0.15) is 0 Å². The van der Waals surface area contributed by atoms with Gasteiger partial charge in [-0.15, -0.1) is 0 Å². The monoisotopic (exact) mass is 249 g/mol. The Kier molecular flexibility index (Phi) is 4.39. The summed E-state index contributed by atoms with van der Waals surface area (Å²) in [6.07, 6.45) is -13.2. The predicted molar refractivity (Wildman–Crippen MR) is 39.0 cm³/mol. The first-order valence-electron chi connectivity index (χ1n) is 3.98. The number of hydrogen-bond acceptors (Lipinski definition) is 2. The van der Waals surface area contributed by atoms with E-state index in [2.05, 4.69) is 6.58 Å². The van der Waals surface area contributed by atoms with Crippen molar-refractivity contribution in [1.29, 1.82) is 0 Å². The number of hydrogen-bond donors (Lipinski definition) is 0. The van der Waals surface area contributed by atoms with E-state index in [1.165, 1.54) is 0 Å². The number of aliphatic carboxylic acids is 1. The maximum atomic E-state index is 12.0. The lowest BCUT2D eigenvalue weighted by Gasteiger charge is -2.23. The second kappa shape index (κ2) is 4.75. The van der Waals surface area contributed by atoms with Crippen molar-refractivity contribution in [3.8, 4) is 0 Å². The zero-order valence-electron chi connectivity index (χ0n) is 7.78. The van der Waals surface area contributed by atoms with Crippen LogP contribution in [0, 0.1) is 5.92 Å². The summed E-state index contributed by atoms with van der Waals surface area (Å²) in [5, 5.41) is 10.0. The molecular formula is C8H7F6O2-. The molecule has 0 saturated heterocycles. The van der Waals surface area contributed by atoms with E-state index in [4.69, 9.17) is 0 Å². The summed E-state index contributed by atoms with van der Waals surface area (Å²) in [7, 11) is 0. The number of carbonyl (C=O) groups excluding carboxylic acids is 1. The van der Waals surface area contributed by atoms with Gasteiger partial charge in [-0.05, 0) is 18.4 Å². The summed E-state index contributed by atoms with van der Waals surface area (Å²) in [6, 6.07) is 0. The topological polar surface area (TPSA) is 40.1 Å². The molecule has 0 radical (unpaired) electrons. The highest BCUT2D eigenvalue weighted by Gasteiger charge is 2.55. The molecule has 0 rings (SSSR count). The van der Waals surface area contributed by atoms with Gasteiger partial charge in [-0.25, -0.2) is 0 Å². The molecule has 0 aromatic rings. The Labute approximate surface area is 86.6 Å². The van der Waals surface area contributed by atoms with Crippen molar-refractivity contribution >= 4 is 5.97 Å². The summed E-state index contributed by atoms with van der Waals surface area (Å²) in [6.45, 7) is 2.79. The predicted octanol–water partition coefficient (Wildman–Crippen LogP) is 1.81. The molecular weight excluding hydrogens is 242 g/mol. The van der Waals surface area contributed by atoms with Crippen molar-refractivity contribution in [3.05, 3.63) is 12.2 Å². The minimum atomic E-state index is -5.45. The van der Waals surface area contributed by atoms with Gasteiger partial charge in [0, 0.05) is 0 Å². The van der Waals surface area contributed by atoms with E-state index in [0.717, 1.165) is 0 Å². The van der Waals surface area contributed by atoms with Gasteiger partial charge in [0.2, 0.25) is 0 Å². The minimum absolute atomic E-state index is 0.793. The number of halogens is 6. The molecule has 8 heteroatoms. The van der Waals surface area contributed by atoms with Gasteiger partial charge in [-0.2, -0.15) is 26.3 Å². The standard InChI is InChI=1S/C8H8F6O2/c1-4(6(15)16)2-3-5(7(9,10)11)8(12,13)14/h5H,1-3H2,(H,15,16)/p-1. The third-order valence-corrected chi connectivity index (χ3v) is 1.81. The molecule has 0 amide bonds. The summed E-state index contributed by atoms with van der Waals surface area (Å²) in [5.41, 5.74) is -0.793. The molecule has 0 saturated carbocycles. The highest BCUT2D eigenvalue weighted by atomic mass is 19.4. The van der Waals surface area contributed by atoms with E-state index < -0.39 is 42.7 Å². The molecule has 0 N–H and O–H groups in total. The molecule has 94 valence electrons. The van der Waals surface area contributed by atoms with Crippen LogP contribution >= 0.6 is 0 Å². The molecule has 0 aliphatic heterocycles. The average Bonchev–Trinajstić information content (AvgIpc) is 1.98. The van der Waals surface area contributed by atoms with Crippen LogP contribution in [0.1, 0.15) is 12.8 Å². The number of alkyl halides is 6. The molecule has 0 aromatic carbocycles. The van der Waals surface area contributed by atoms with Crippen molar-refractivity contribution in [2.45, 2.75) is 25.2 Å². The van der Waals surface area contributed by atoms with Crippen LogP contribution in [-0.4, -0.2) is 18.3 Å². The highest BCUT2D eigenvalue weighted by molar-refractivity contribution is 5.83. The van der Waals surface area contributed by atoms with Crippen molar-refractivity contribution in [1.82, 2.24) is 0 Å². The molecule has 0 bridgehead atoms. The molecule has 0 unspecified atom stereocenters. The fraction of sp³-hybridized carbons (Fsp3) is 0.625. The summed E-state index contributed by atoms with van der Waals surface area (Å²) in [4.78, 5) is 10.0. The van der Waals surface area contributed by atoms with Crippen LogP contribution in [0.2, 0.25) is 0 Å². The minimum Gasteiger partial charge on any atom is -0.545 e. The Morgan fingerprint density at radius 2 is 1.50 bits per heavy atom. The van der Waals surface area contributed by atoms with Gasteiger partial charge in [0.05, 0.1) is 5.97 Å². The number of carboxylic acid groups (broad SMARTS) is 1. The van der Waals surface area contributed by atoms with E-state index in [-0.39, 0.29) is 0 Å². The summed E-state index contributed by atoms with van der Waals surface area (Å²) < 4.78 is 71.7. The molecule has 0 aliphatic rings. The van der Waals surface area contributed by atoms with E-state index in [0.29, 0.717) is 0 Å². The number of rotatable bonds is 4. The Balaban J connectivity index is 4.60. The van der Waals surface area contributed by atoms with E-state index >= 15 is 0 Å². The molecule has 0 spiro atoms. The van der Waals surface area contributed by atoms with Gasteiger partial charge in [-0.1, -0.05) is 6.58 Å². The van der Waals surface area contributed by atoms with Crippen molar-refractivity contribution in [2.75, 3.05) is 0 Å². The Morgan fingerprint density at radius 1 is 1.12 bits per heavy atom. The molecule has 0 atom stereocenters. The Morgan fingerprint density at radius 3 is 1.75 bits per heavy atom. The number of carboxylic acids is 1. The zero-order chi connectivity index (χ0) is 13.1. The van der Waals surface area contributed by atoms with E-state index in [1.807, 2.05) is 0 Å². The second-order valence-corrected chi connectivity index (χ2v) is 3.07. The molecule has 0 aliphatic carbocycles. The van der Waals surface area contributed by atoms with Gasteiger partial charge in [0.15, 0.2) is 5.92 Å². The molecule has 16 heavy (non-hydrogen) atoms. The lowest BCUT2D eigenvalue weighted by Crippen LogP contribution is -2.36. The number of carbonyl (C=O) groups is 1. The van der Waals surface area contributed by atoms with Gasteiger partial charge < -0.3 is 9.90 Å². The van der Waals surface area contributed by atoms with Crippen LogP contribution in [0.3, 0.4) is 0 Å². The Hall–Kier alpha value is -1.21. The van der Waals surface area contributed by atoms with E-state index in [9.17, 15) is 36.2 Å². The van der Waals surface area contributed by atoms with Crippen molar-refractivity contribution < 1.29 is 36.2 Å². The largest absolute Gasteiger partial charge is 0.545 e. The second-order valence-electron chi connectivity index (χ2n) is 3.07. The van der Waals surface area contributed by atoms with Gasteiger partial charge >= 0.3 is 12.4 Å². The zero-order valence-corrected chi connectivity index (χ0v) is 7.78. The fourth-order valence-corrected chi connectivity index (χ4v) is 0.934. The average molecular weight is 249 g/mol. The first kappa shape index (κ1) is 14.8. The Bertz CT molecular complexity index is 263. The van der Waals surface area contributed by atoms with Crippen LogP contribution in [0.25, 0.3) is 0 Å². The summed E-state index contributed by atoms with van der Waals surface area (Å²) >= 11 is 0. The highest BCUT2D eigenvalue weighted by Crippen LogP contribution is 2.42. The van der Waals surface area contributed by atoms with Crippen LogP contribution in [0.4, 0.5) is 26.3 Å². The molecule has 0 aromatic heterocycles. The molecule has 0 fully saturated rings. The van der Waals surface area contributed by atoms with Crippen molar-refractivity contribution in [2.24, 2.45) is 5.92 Å². The first-order chi connectivity index (χ1) is 6.96. The normalized spacial score (nSPS) is 12.9. The molecule has 2 nitrogen and oxygen atoms in total. The third-order valence-electron chi connectivity index (χ3n) is 1.81. The molecule has 0 heterocycles. The van der Waals surface area contributed by atoms with Crippen LogP contribution < -0.4 is 5.11 Å². The maximum Gasteiger partial charge on any atom is 0.400 e. The smallest absolute Gasteiger partial charge is 0.400 e. The quantitative estimate of drug-likeness (QED) is 0.563. The first-order valence-corrected chi connectivity index (χ1v) is 3.98. The van der Waals surface area contributed by atoms with Crippen LogP contribution in [0.5, 0.6) is 0 Å². The maximum absolute atomic E-state index is 12.0. The SMILES string of the molecule is C=C(CCC(C(F)(F)F)C(F)(F)F)C(=O)[O-].